The fraction of sp³-hybridized carbons (Fsp3) is 0.0690. The predicted molar refractivity (Wildman–Crippen MR) is 123 cm³/mol. The normalized spacial score (nSPS) is 16.4. The van der Waals surface area contributed by atoms with Gasteiger partial charge in [-0.25, -0.2) is 14.4 Å². The number of benzene rings is 4. The number of hydrogen-bond donors (Lipinski definition) is 0. The van der Waals surface area contributed by atoms with E-state index in [9.17, 15) is 14.4 Å². The second-order valence-corrected chi connectivity index (χ2v) is 8.73. The van der Waals surface area contributed by atoms with Crippen LogP contribution < -0.4 is 0 Å². The van der Waals surface area contributed by atoms with Crippen LogP contribution in [0.5, 0.6) is 0 Å². The maximum atomic E-state index is 12.5. The largest absolute Gasteiger partial charge is 0.457 e. The Bertz CT molecular complexity index is 1550. The molecule has 0 atom stereocenters. The van der Waals surface area contributed by atoms with Crippen LogP contribution in [-0.4, -0.2) is 17.9 Å². The van der Waals surface area contributed by atoms with Gasteiger partial charge in [0.25, 0.3) is 0 Å². The summed E-state index contributed by atoms with van der Waals surface area (Å²) in [6.07, 6.45) is 0. The van der Waals surface area contributed by atoms with Crippen molar-refractivity contribution in [1.29, 1.82) is 0 Å². The first-order valence-electron chi connectivity index (χ1n) is 11.0. The SMILES string of the molecule is O=C1OCc2cc(C3(c4ccc5c(c4)C(=O)OC5=O)c4ccccc4-c4ccccc43)ccc21. The Morgan fingerprint density at radius 3 is 1.85 bits per heavy atom. The molecule has 0 bridgehead atoms. The number of rotatable bonds is 2. The average Bonchev–Trinajstić information content (AvgIpc) is 3.49. The molecule has 0 unspecified atom stereocenters. The summed E-state index contributed by atoms with van der Waals surface area (Å²) >= 11 is 0. The first kappa shape index (κ1) is 19.0. The van der Waals surface area contributed by atoms with E-state index in [0.29, 0.717) is 5.56 Å². The van der Waals surface area contributed by atoms with Crippen molar-refractivity contribution in [1.82, 2.24) is 0 Å². The highest BCUT2D eigenvalue weighted by molar-refractivity contribution is 6.15. The van der Waals surface area contributed by atoms with Gasteiger partial charge in [0.2, 0.25) is 0 Å². The fourth-order valence-electron chi connectivity index (χ4n) is 5.71. The van der Waals surface area contributed by atoms with Crippen molar-refractivity contribution in [3.05, 3.63) is 129 Å². The molecule has 3 aliphatic rings. The lowest BCUT2D eigenvalue weighted by Crippen LogP contribution is -2.29. The molecule has 0 aromatic heterocycles. The highest BCUT2D eigenvalue weighted by Crippen LogP contribution is 2.56. The van der Waals surface area contributed by atoms with Gasteiger partial charge >= 0.3 is 17.9 Å². The lowest BCUT2D eigenvalue weighted by molar-refractivity contribution is 0.0442. The Balaban J connectivity index is 1.60. The van der Waals surface area contributed by atoms with Gasteiger partial charge < -0.3 is 9.47 Å². The fourth-order valence-corrected chi connectivity index (χ4v) is 5.71. The minimum absolute atomic E-state index is 0.229. The van der Waals surface area contributed by atoms with E-state index >= 15 is 0 Å². The van der Waals surface area contributed by atoms with Crippen molar-refractivity contribution >= 4 is 17.9 Å². The van der Waals surface area contributed by atoms with E-state index in [0.717, 1.165) is 38.9 Å². The third-order valence-electron chi connectivity index (χ3n) is 7.15. The Labute approximate surface area is 194 Å². The molecule has 2 heterocycles. The number of cyclic esters (lactones) is 3. The molecule has 0 radical (unpaired) electrons. The van der Waals surface area contributed by atoms with E-state index in [1.54, 1.807) is 12.1 Å². The van der Waals surface area contributed by atoms with E-state index in [2.05, 4.69) is 24.3 Å². The number of hydrogen-bond acceptors (Lipinski definition) is 5. The summed E-state index contributed by atoms with van der Waals surface area (Å²) in [5.74, 6) is -1.58. The van der Waals surface area contributed by atoms with Crippen LogP contribution in [0.15, 0.2) is 84.9 Å². The highest BCUT2D eigenvalue weighted by atomic mass is 16.6. The minimum atomic E-state index is -0.755. The highest BCUT2D eigenvalue weighted by Gasteiger charge is 2.47. The summed E-state index contributed by atoms with van der Waals surface area (Å²) in [6, 6.07) is 27.6. The molecule has 162 valence electrons. The van der Waals surface area contributed by atoms with Crippen molar-refractivity contribution in [3.8, 4) is 11.1 Å². The molecule has 0 fully saturated rings. The van der Waals surface area contributed by atoms with Crippen molar-refractivity contribution in [2.24, 2.45) is 0 Å². The monoisotopic (exact) mass is 444 g/mol. The molecule has 0 spiro atoms. The number of carbonyl (C=O) groups excluding carboxylic acids is 3. The van der Waals surface area contributed by atoms with E-state index in [1.165, 1.54) is 0 Å². The van der Waals surface area contributed by atoms with E-state index in [4.69, 9.17) is 9.47 Å². The molecular formula is C29H16O5. The molecule has 5 nitrogen and oxygen atoms in total. The molecule has 1 aliphatic carbocycles. The molecule has 4 aromatic rings. The van der Waals surface area contributed by atoms with Gasteiger partial charge in [-0.2, -0.15) is 0 Å². The van der Waals surface area contributed by atoms with Gasteiger partial charge in [-0.1, -0.05) is 60.7 Å². The first-order valence-corrected chi connectivity index (χ1v) is 11.0. The number of ether oxygens (including phenoxy) is 2. The smallest absolute Gasteiger partial charge is 0.346 e. The van der Waals surface area contributed by atoms with Crippen LogP contribution >= 0.6 is 0 Å². The van der Waals surface area contributed by atoms with Crippen LogP contribution in [0.4, 0.5) is 0 Å². The summed E-state index contributed by atoms with van der Waals surface area (Å²) in [5, 5.41) is 0. The molecule has 0 amide bonds. The third kappa shape index (κ3) is 2.26. The van der Waals surface area contributed by atoms with E-state index in [-0.39, 0.29) is 23.7 Å². The molecule has 5 heteroatoms. The van der Waals surface area contributed by atoms with Gasteiger partial charge in [0, 0.05) is 5.56 Å². The van der Waals surface area contributed by atoms with Gasteiger partial charge in [0.1, 0.15) is 6.61 Å². The molecule has 34 heavy (non-hydrogen) atoms. The van der Waals surface area contributed by atoms with Crippen molar-refractivity contribution < 1.29 is 23.9 Å². The lowest BCUT2D eigenvalue weighted by Gasteiger charge is -2.34. The molecule has 0 N–H and O–H groups in total. The van der Waals surface area contributed by atoms with Gasteiger partial charge in [-0.15, -0.1) is 0 Å². The van der Waals surface area contributed by atoms with Crippen LogP contribution in [0, 0.1) is 0 Å². The zero-order valence-electron chi connectivity index (χ0n) is 17.8. The summed E-state index contributed by atoms with van der Waals surface area (Å²) in [7, 11) is 0. The predicted octanol–water partition coefficient (Wildman–Crippen LogP) is 5.03. The van der Waals surface area contributed by atoms with Crippen LogP contribution in [0.3, 0.4) is 0 Å². The maximum Gasteiger partial charge on any atom is 0.346 e. The summed E-state index contributed by atoms with van der Waals surface area (Å²) < 4.78 is 10.1. The Hall–Kier alpha value is -4.51. The Kier molecular flexibility index (Phi) is 3.64. The van der Waals surface area contributed by atoms with Gasteiger partial charge in [-0.3, -0.25) is 0 Å². The second-order valence-electron chi connectivity index (χ2n) is 8.73. The molecule has 4 aromatic carbocycles. The minimum Gasteiger partial charge on any atom is -0.457 e. The summed E-state index contributed by atoms with van der Waals surface area (Å²) in [5.41, 5.74) is 7.34. The van der Waals surface area contributed by atoms with Gasteiger partial charge in [-0.05, 0) is 57.6 Å². The number of esters is 3. The Morgan fingerprint density at radius 1 is 0.559 bits per heavy atom. The zero-order chi connectivity index (χ0) is 23.0. The van der Waals surface area contributed by atoms with Gasteiger partial charge in [0.05, 0.1) is 22.1 Å². The second kappa shape index (κ2) is 6.51. The third-order valence-corrected chi connectivity index (χ3v) is 7.15. The first-order chi connectivity index (χ1) is 16.6. The molecular weight excluding hydrogens is 428 g/mol. The molecule has 7 rings (SSSR count). The Morgan fingerprint density at radius 2 is 1.15 bits per heavy atom. The quantitative estimate of drug-likeness (QED) is 0.282. The van der Waals surface area contributed by atoms with Crippen LogP contribution in [0.1, 0.15) is 58.9 Å². The van der Waals surface area contributed by atoms with E-state index in [1.807, 2.05) is 48.5 Å². The average molecular weight is 444 g/mol. The van der Waals surface area contributed by atoms with E-state index < -0.39 is 17.4 Å². The maximum absolute atomic E-state index is 12.5. The van der Waals surface area contributed by atoms with Crippen molar-refractivity contribution in [2.45, 2.75) is 12.0 Å². The molecule has 0 saturated carbocycles. The number of carbonyl (C=O) groups is 3. The zero-order valence-corrected chi connectivity index (χ0v) is 17.8. The topological polar surface area (TPSA) is 69.7 Å². The molecule has 0 saturated heterocycles. The van der Waals surface area contributed by atoms with Crippen LogP contribution in [0.2, 0.25) is 0 Å². The van der Waals surface area contributed by atoms with Gasteiger partial charge in [0.15, 0.2) is 0 Å². The summed E-state index contributed by atoms with van der Waals surface area (Å²) in [4.78, 5) is 36.7. The standard InChI is InChI=1S/C29H16O5/c30-26-19-11-9-17(13-16(19)15-33-26)29(18-10-12-22-23(14-18)28(32)34-27(22)31)24-7-3-1-5-20(24)21-6-2-4-8-25(21)29/h1-14H,15H2. The molecule has 2 aliphatic heterocycles. The van der Waals surface area contributed by atoms with Crippen molar-refractivity contribution in [2.75, 3.05) is 0 Å². The van der Waals surface area contributed by atoms with Crippen LogP contribution in [-0.2, 0) is 21.5 Å². The number of fused-ring (bicyclic) bond motifs is 5. The lowest BCUT2D eigenvalue weighted by atomic mass is 9.67. The van der Waals surface area contributed by atoms with Crippen molar-refractivity contribution in [3.63, 3.8) is 0 Å². The van der Waals surface area contributed by atoms with Crippen LogP contribution in [0.25, 0.3) is 11.1 Å². The summed E-state index contributed by atoms with van der Waals surface area (Å²) in [6.45, 7) is 0.229.